The van der Waals surface area contributed by atoms with Gasteiger partial charge in [0.15, 0.2) is 0 Å². The van der Waals surface area contributed by atoms with Crippen LogP contribution in [0.1, 0.15) is 18.5 Å². The van der Waals surface area contributed by atoms with Crippen molar-refractivity contribution in [2.45, 2.75) is 24.4 Å². The van der Waals surface area contributed by atoms with Crippen LogP contribution in [0.15, 0.2) is 54.9 Å². The van der Waals surface area contributed by atoms with Gasteiger partial charge in [-0.25, -0.2) is 13.8 Å². The summed E-state index contributed by atoms with van der Waals surface area (Å²) >= 11 is 0. The molecule has 0 radical (unpaired) electrons. The molecule has 7 heteroatoms. The number of alkyl halides is 1. The molecule has 0 atom stereocenters. The molecule has 3 aromatic rings. The third-order valence-corrected chi connectivity index (χ3v) is 5.18. The molecule has 1 aromatic carbocycles. The summed E-state index contributed by atoms with van der Waals surface area (Å²) in [4.78, 5) is 13.1. The van der Waals surface area contributed by atoms with Crippen molar-refractivity contribution in [3.8, 4) is 11.1 Å². The van der Waals surface area contributed by atoms with E-state index in [1.807, 2.05) is 30.3 Å². The molecule has 4 rings (SSSR count). The van der Waals surface area contributed by atoms with Crippen molar-refractivity contribution in [3.63, 3.8) is 0 Å². The molecular formula is C21H21F2N5. The third kappa shape index (κ3) is 3.40. The number of anilines is 2. The second-order valence-corrected chi connectivity index (χ2v) is 7.05. The molecule has 1 aliphatic rings. The summed E-state index contributed by atoms with van der Waals surface area (Å²) in [6.45, 7) is 0.315. The highest BCUT2D eigenvalue weighted by Gasteiger charge is 2.48. The minimum absolute atomic E-state index is 0.231. The molecule has 0 aliphatic heterocycles. The van der Waals surface area contributed by atoms with Crippen molar-refractivity contribution in [1.82, 2.24) is 15.0 Å². The minimum atomic E-state index is -0.947. The predicted octanol–water partition coefficient (Wildman–Crippen LogP) is 4.20. The van der Waals surface area contributed by atoms with Crippen molar-refractivity contribution in [1.29, 1.82) is 0 Å². The first kappa shape index (κ1) is 18.3. The van der Waals surface area contributed by atoms with Gasteiger partial charge in [0.1, 0.15) is 17.8 Å². The van der Waals surface area contributed by atoms with Crippen LogP contribution in [-0.2, 0) is 5.41 Å². The Balaban J connectivity index is 1.56. The van der Waals surface area contributed by atoms with E-state index in [0.29, 0.717) is 24.0 Å². The largest absolute Gasteiger partial charge is 0.372 e. The molecule has 1 aliphatic carbocycles. The highest BCUT2D eigenvalue weighted by Crippen LogP contribution is 2.45. The summed E-state index contributed by atoms with van der Waals surface area (Å²) in [6.07, 6.45) is 2.79. The van der Waals surface area contributed by atoms with E-state index >= 15 is 0 Å². The fourth-order valence-electron chi connectivity index (χ4n) is 3.72. The van der Waals surface area contributed by atoms with Crippen LogP contribution in [0.3, 0.4) is 0 Å². The standard InChI is InChI=1S/C21H21F2N5/c1-24-19-16(14-6-3-2-4-7-14)12-26-20(28-19)27-13-21(10-15(22)11-21)18-17(23)8-5-9-25-18/h2-9,12,15H,10-11,13H2,1H3,(H2,24,26,27,28). The summed E-state index contributed by atoms with van der Waals surface area (Å²) in [7, 11) is 1.79. The zero-order valence-corrected chi connectivity index (χ0v) is 15.5. The fourth-order valence-corrected chi connectivity index (χ4v) is 3.72. The maximum Gasteiger partial charge on any atom is 0.224 e. The van der Waals surface area contributed by atoms with Crippen molar-refractivity contribution in [2.75, 3.05) is 24.2 Å². The third-order valence-electron chi connectivity index (χ3n) is 5.18. The van der Waals surface area contributed by atoms with Crippen LogP contribution in [0.2, 0.25) is 0 Å². The van der Waals surface area contributed by atoms with Gasteiger partial charge in [0.25, 0.3) is 0 Å². The van der Waals surface area contributed by atoms with E-state index < -0.39 is 17.4 Å². The second-order valence-electron chi connectivity index (χ2n) is 7.05. The summed E-state index contributed by atoms with van der Waals surface area (Å²) in [5.74, 6) is 0.674. The molecule has 1 fully saturated rings. The van der Waals surface area contributed by atoms with Gasteiger partial charge in [0, 0.05) is 37.0 Å². The van der Waals surface area contributed by atoms with Crippen LogP contribution in [-0.4, -0.2) is 34.7 Å². The van der Waals surface area contributed by atoms with Gasteiger partial charge in [-0.3, -0.25) is 4.98 Å². The Labute approximate surface area is 162 Å². The molecule has 2 aromatic heterocycles. The molecule has 0 amide bonds. The molecule has 144 valence electrons. The van der Waals surface area contributed by atoms with Gasteiger partial charge in [-0.05, 0) is 30.5 Å². The molecule has 0 spiro atoms. The van der Waals surface area contributed by atoms with Crippen molar-refractivity contribution in [3.05, 3.63) is 66.4 Å². The van der Waals surface area contributed by atoms with Crippen LogP contribution in [0.25, 0.3) is 11.1 Å². The lowest BCUT2D eigenvalue weighted by molar-refractivity contribution is 0.0963. The van der Waals surface area contributed by atoms with Crippen molar-refractivity contribution >= 4 is 11.8 Å². The SMILES string of the molecule is CNc1nc(NCC2(c3ncccc3F)CC(F)C2)ncc1-c1ccccc1. The topological polar surface area (TPSA) is 62.7 Å². The Morgan fingerprint density at radius 2 is 1.89 bits per heavy atom. The molecule has 0 bridgehead atoms. The monoisotopic (exact) mass is 381 g/mol. The first-order valence-electron chi connectivity index (χ1n) is 9.20. The lowest BCUT2D eigenvalue weighted by Gasteiger charge is -2.43. The zero-order chi connectivity index (χ0) is 19.6. The van der Waals surface area contributed by atoms with E-state index in [2.05, 4.69) is 25.6 Å². The smallest absolute Gasteiger partial charge is 0.224 e. The van der Waals surface area contributed by atoms with Gasteiger partial charge >= 0.3 is 0 Å². The number of aromatic nitrogens is 3. The van der Waals surface area contributed by atoms with E-state index in [1.54, 1.807) is 13.2 Å². The Kier molecular flexibility index (Phi) is 4.90. The fraction of sp³-hybridized carbons (Fsp3) is 0.286. The summed E-state index contributed by atoms with van der Waals surface area (Å²) in [5.41, 5.74) is 1.49. The van der Waals surface area contributed by atoms with Crippen LogP contribution in [0.4, 0.5) is 20.5 Å². The summed E-state index contributed by atoms with van der Waals surface area (Å²) in [6, 6.07) is 12.7. The molecule has 2 heterocycles. The maximum atomic E-state index is 14.3. The highest BCUT2D eigenvalue weighted by molar-refractivity contribution is 5.75. The normalized spacial score (nSPS) is 21.0. The Morgan fingerprint density at radius 1 is 1.11 bits per heavy atom. The number of pyridine rings is 1. The zero-order valence-electron chi connectivity index (χ0n) is 15.5. The van der Waals surface area contributed by atoms with Gasteiger partial charge in [0.05, 0.1) is 5.69 Å². The maximum absolute atomic E-state index is 14.3. The van der Waals surface area contributed by atoms with E-state index in [9.17, 15) is 8.78 Å². The quantitative estimate of drug-likeness (QED) is 0.670. The van der Waals surface area contributed by atoms with Gasteiger partial charge in [-0.15, -0.1) is 0 Å². The van der Waals surface area contributed by atoms with E-state index in [0.717, 1.165) is 11.1 Å². The Bertz CT molecular complexity index is 958. The van der Waals surface area contributed by atoms with Gasteiger partial charge in [0.2, 0.25) is 5.95 Å². The number of hydrogen-bond donors (Lipinski definition) is 2. The average Bonchev–Trinajstić information content (AvgIpc) is 2.71. The van der Waals surface area contributed by atoms with Crippen molar-refractivity contribution in [2.24, 2.45) is 0 Å². The Morgan fingerprint density at radius 3 is 2.57 bits per heavy atom. The van der Waals surface area contributed by atoms with Crippen LogP contribution < -0.4 is 10.6 Å². The minimum Gasteiger partial charge on any atom is -0.372 e. The number of benzene rings is 1. The second kappa shape index (κ2) is 7.50. The first-order valence-corrected chi connectivity index (χ1v) is 9.20. The van der Waals surface area contributed by atoms with Crippen LogP contribution in [0, 0.1) is 5.82 Å². The lowest BCUT2D eigenvalue weighted by Crippen LogP contribution is -2.49. The summed E-state index contributed by atoms with van der Waals surface area (Å²) in [5, 5.41) is 6.24. The molecular weight excluding hydrogens is 360 g/mol. The highest BCUT2D eigenvalue weighted by atomic mass is 19.1. The van der Waals surface area contributed by atoms with E-state index in [4.69, 9.17) is 0 Å². The molecule has 5 nitrogen and oxygen atoms in total. The van der Waals surface area contributed by atoms with Gasteiger partial charge < -0.3 is 10.6 Å². The van der Waals surface area contributed by atoms with Crippen LogP contribution in [0.5, 0.6) is 0 Å². The van der Waals surface area contributed by atoms with Gasteiger partial charge in [-0.1, -0.05) is 30.3 Å². The van der Waals surface area contributed by atoms with Gasteiger partial charge in [-0.2, -0.15) is 4.98 Å². The van der Waals surface area contributed by atoms with Crippen LogP contribution >= 0.6 is 0 Å². The number of hydrogen-bond acceptors (Lipinski definition) is 5. The molecule has 2 N–H and O–H groups in total. The molecule has 28 heavy (non-hydrogen) atoms. The first-order chi connectivity index (χ1) is 13.6. The van der Waals surface area contributed by atoms with E-state index in [-0.39, 0.29) is 12.8 Å². The lowest BCUT2D eigenvalue weighted by atomic mass is 9.65. The van der Waals surface area contributed by atoms with Crippen molar-refractivity contribution < 1.29 is 8.78 Å². The number of nitrogens with one attached hydrogen (secondary N) is 2. The molecule has 0 saturated heterocycles. The van der Waals surface area contributed by atoms with E-state index in [1.165, 1.54) is 18.3 Å². The Hall–Kier alpha value is -3.09. The summed E-state index contributed by atoms with van der Waals surface area (Å²) < 4.78 is 28.0. The average molecular weight is 381 g/mol. The number of nitrogens with zero attached hydrogens (tertiary/aromatic N) is 3. The molecule has 1 saturated carbocycles. The number of halogens is 2. The number of rotatable bonds is 6. The molecule has 0 unspecified atom stereocenters. The predicted molar refractivity (Wildman–Crippen MR) is 106 cm³/mol.